The number of nitrogens with two attached hydrogens (primary N) is 4. The van der Waals surface area contributed by atoms with Gasteiger partial charge in [0.2, 0.25) is 0 Å². The molecule has 5 unspecified atom stereocenters. The summed E-state index contributed by atoms with van der Waals surface area (Å²) in [5.74, 6) is 0.473. The van der Waals surface area contributed by atoms with Crippen molar-refractivity contribution in [2.75, 3.05) is 92.4 Å². The lowest BCUT2D eigenvalue weighted by molar-refractivity contribution is -0.901. The van der Waals surface area contributed by atoms with E-state index < -0.39 is 37.3 Å². The number of aliphatic hydroxyl groups is 4. The fourth-order valence-electron chi connectivity index (χ4n) is 16.0. The van der Waals surface area contributed by atoms with E-state index in [1.807, 2.05) is 157 Å². The Labute approximate surface area is 676 Å². The fourth-order valence-corrected chi connectivity index (χ4v) is 16.0. The molecule has 6 aliphatic rings. The number of Topliss-reactive ketones (excluding diaryl/α,β-unsaturated/α-hetero) is 5. The molecule has 5 aliphatic carbocycles. The second-order valence-corrected chi connectivity index (χ2v) is 29.8. The molecule has 1 aliphatic heterocycles. The number of ketones is 5. The number of quaternary nitrogens is 2. The predicted octanol–water partition coefficient (Wildman–Crippen LogP) is 2.27. The van der Waals surface area contributed by atoms with Crippen molar-refractivity contribution < 1.29 is 99.9 Å². The van der Waals surface area contributed by atoms with E-state index in [-0.39, 0.29) is 72.7 Å². The number of benzene rings is 10. The Kier molecular flexibility index (Phi) is 28.1. The van der Waals surface area contributed by atoms with Crippen LogP contribution in [0.4, 0.5) is 5.69 Å². The second-order valence-electron chi connectivity index (χ2n) is 29.8. The van der Waals surface area contributed by atoms with E-state index in [2.05, 4.69) is 106 Å². The minimum absolute atomic E-state index is 0. The predicted molar refractivity (Wildman–Crippen MR) is 439 cm³/mol. The summed E-state index contributed by atoms with van der Waals surface area (Å²) in [5, 5.41) is 53.0. The van der Waals surface area contributed by atoms with Crippen LogP contribution in [0, 0.1) is 0 Å². The van der Waals surface area contributed by atoms with Crippen LogP contribution in [-0.2, 0) is 11.3 Å². The first-order valence-corrected chi connectivity index (χ1v) is 37.5. The molecule has 17 rings (SSSR count). The number of hydrogen-bond donors (Lipinski definition) is 9. The number of pyridine rings is 1. The van der Waals surface area contributed by atoms with Crippen LogP contribution in [0.25, 0.3) is 84.2 Å². The highest BCUT2D eigenvalue weighted by atomic mass is 35.5. The number of ether oxygens (including phenoxy) is 1. The van der Waals surface area contributed by atoms with E-state index in [1.54, 1.807) is 12.1 Å². The number of rotatable bonds is 18. The van der Waals surface area contributed by atoms with Crippen LogP contribution in [0.2, 0.25) is 0 Å². The second kappa shape index (κ2) is 37.3. The van der Waals surface area contributed by atoms with Crippen molar-refractivity contribution in [3.05, 3.63) is 290 Å². The standard InChI is InChI=1S/C20H21NO6.C19H24N3O.C19H14N2O.C18H21N2O.C16H14O.3ClH/c22-9-14-18(24)19(25)16(20(26)27-14)21-8-12-7-11-5-1-3-10-4-2-6-13(15(10)11)17(12)23;1-22(10-8-20,11-9-21)13-16-12-15-6-2-4-14-5-3-7-17(18(14)15)19(16)23;20-16-7-9-21(10-8-16)12-15-11-14-5-1-3-13-4-2-6-17(18(13)14)19(15)22;1-20(2,10-9-19)12-15-11-14-7-3-5-13-6-4-8-16(17(13)14)18(15)21;1-2-5-13-10-12-8-3-6-11-7-4-9-14(15(11)12)16(13)17;;;/h1-7,14,16,18-22,24-26H,8-9H2;2-7,12H,8-11,13,20-21H2,1H3;1-11,20H,12H2;3-8,11H,9-10,12,19H2,1-2H3;3-4,6-10H,2,5H2,1H3;3*1H/q;+1;;+1;;;;/p-2. The van der Waals surface area contributed by atoms with Crippen molar-refractivity contribution in [2.24, 2.45) is 17.2 Å². The third kappa shape index (κ3) is 18.3. The van der Waals surface area contributed by atoms with Gasteiger partial charge in [-0.1, -0.05) is 195 Å². The van der Waals surface area contributed by atoms with Crippen molar-refractivity contribution in [1.82, 2.24) is 5.32 Å². The van der Waals surface area contributed by atoms with Crippen molar-refractivity contribution in [1.29, 1.82) is 0 Å². The number of halogens is 3. The molecule has 21 heteroatoms. The molecule has 0 amide bonds. The molecule has 13 N–H and O–H groups in total. The summed E-state index contributed by atoms with van der Waals surface area (Å²) in [6.07, 6.45) is 10.4. The van der Waals surface area contributed by atoms with Gasteiger partial charge in [0.25, 0.3) is 0 Å². The smallest absolute Gasteiger partial charge is 0.196 e. The molecule has 0 bridgehead atoms. The van der Waals surface area contributed by atoms with Crippen molar-refractivity contribution in [3.63, 3.8) is 0 Å². The van der Waals surface area contributed by atoms with Crippen molar-refractivity contribution >= 4 is 119 Å². The summed E-state index contributed by atoms with van der Waals surface area (Å²) in [6, 6.07) is 62.5. The molecular formula is C92H95Cl3N8O10. The molecule has 1 aromatic heterocycles. The monoisotopic (exact) mass is 1580 g/mol. The van der Waals surface area contributed by atoms with Crippen LogP contribution < -0.4 is 70.0 Å². The van der Waals surface area contributed by atoms with E-state index in [9.17, 15) is 39.3 Å². The van der Waals surface area contributed by atoms with E-state index in [1.165, 1.54) is 5.56 Å². The average Bonchev–Trinajstić information content (AvgIpc) is 0.791. The Hall–Kier alpha value is -10.1. The molecule has 5 atom stereocenters. The molecule has 0 spiro atoms. The van der Waals surface area contributed by atoms with Gasteiger partial charge in [0.05, 0.1) is 70.1 Å². The molecule has 0 radical (unpaired) electrons. The van der Waals surface area contributed by atoms with Crippen LogP contribution in [0.5, 0.6) is 0 Å². The van der Waals surface area contributed by atoms with E-state index >= 15 is 0 Å². The average molecular weight is 1580 g/mol. The maximum absolute atomic E-state index is 12.9. The number of carbonyl (C=O) groups is 5. The quantitative estimate of drug-likeness (QED) is 0.0440. The number of aliphatic hydroxyl groups excluding tert-OH is 4. The van der Waals surface area contributed by atoms with Crippen LogP contribution in [0.15, 0.2) is 234 Å². The summed E-state index contributed by atoms with van der Waals surface area (Å²) in [7, 11) is 6.35. The highest BCUT2D eigenvalue weighted by molar-refractivity contribution is 6.26. The van der Waals surface area contributed by atoms with Gasteiger partial charge in [0, 0.05) is 110 Å². The Bertz CT molecular complexity index is 5570. The Morgan fingerprint density at radius 3 is 1.12 bits per heavy atom. The summed E-state index contributed by atoms with van der Waals surface area (Å²) < 4.78 is 8.52. The molecule has 10 aromatic carbocycles. The van der Waals surface area contributed by atoms with Gasteiger partial charge < -0.3 is 99.6 Å². The number of anilines is 1. The van der Waals surface area contributed by atoms with Crippen molar-refractivity contribution in [3.8, 4) is 0 Å². The molecular weight excluding hydrogens is 1480 g/mol. The molecule has 1 saturated heterocycles. The Morgan fingerprint density at radius 1 is 0.425 bits per heavy atom. The molecule has 0 saturated carbocycles. The molecule has 584 valence electrons. The number of carbonyl (C=O) groups excluding carboxylic acids is 5. The first-order chi connectivity index (χ1) is 53.1. The van der Waals surface area contributed by atoms with Gasteiger partial charge in [-0.25, -0.2) is 4.57 Å². The number of hydrogen-bond acceptors (Lipinski definition) is 15. The van der Waals surface area contributed by atoms with E-state index in [0.29, 0.717) is 54.9 Å². The van der Waals surface area contributed by atoms with Gasteiger partial charge in [0.1, 0.15) is 31.4 Å². The van der Waals surface area contributed by atoms with Crippen LogP contribution in [-0.4, -0.2) is 176 Å². The lowest BCUT2D eigenvalue weighted by atomic mass is 9.86. The van der Waals surface area contributed by atoms with E-state index in [0.717, 1.165) is 163 Å². The minimum atomic E-state index is -1.42. The molecule has 113 heavy (non-hydrogen) atoms. The molecule has 2 heterocycles. The van der Waals surface area contributed by atoms with Crippen LogP contribution in [0.1, 0.15) is 99.4 Å². The van der Waals surface area contributed by atoms with Gasteiger partial charge in [-0.2, -0.15) is 0 Å². The number of nitrogens with one attached hydrogen (secondary N) is 1. The Balaban J connectivity index is 0.000000150. The zero-order valence-electron chi connectivity index (χ0n) is 63.6. The summed E-state index contributed by atoms with van der Waals surface area (Å²) >= 11 is 0. The Morgan fingerprint density at radius 2 is 0.752 bits per heavy atom. The van der Waals surface area contributed by atoms with Gasteiger partial charge in [-0.05, 0) is 91.5 Å². The SMILES string of the molecule is CCCC1=Cc2cccc3cccc(c23)C1=O.C[N+](C)(CCN)CC1=Cc2cccc3cccc(c23)C1=O.C[N+](CCN)(CCN)CC1=Cc2cccc3cccc(c23)C1=O.Nc1cc[n+](CC2=Cc3cccc4cccc(c34)C2=O)cc1.O=C1C(CNC2C(O)OC(CO)C(O)C2O)=Cc2cccc3cccc1c23.[Cl-].[Cl-].[Cl-]. The zero-order chi connectivity index (χ0) is 77.5. The lowest BCUT2D eigenvalue weighted by Crippen LogP contribution is -3.00. The largest absolute Gasteiger partial charge is 1.00 e. The highest BCUT2D eigenvalue weighted by Crippen LogP contribution is 2.38. The van der Waals surface area contributed by atoms with Crippen molar-refractivity contribution in [2.45, 2.75) is 57.0 Å². The number of nitrogen functional groups attached to an aromatic ring is 1. The topological polar surface area (TPSA) is 295 Å². The minimum Gasteiger partial charge on any atom is -1.00 e. The summed E-state index contributed by atoms with van der Waals surface area (Å²) in [4.78, 5) is 63.7. The number of aromatic nitrogens is 1. The van der Waals surface area contributed by atoms with Gasteiger partial charge in [-0.15, -0.1) is 0 Å². The molecule has 11 aromatic rings. The fraction of sp³-hybridized carbons (Fsp3) is 0.239. The first kappa shape index (κ1) is 85.4. The van der Waals surface area contributed by atoms with Crippen LogP contribution in [0.3, 0.4) is 0 Å². The number of allylic oxidation sites excluding steroid dienone is 2. The van der Waals surface area contributed by atoms with E-state index in [4.69, 9.17) is 32.8 Å². The first-order valence-electron chi connectivity index (χ1n) is 37.5. The van der Waals surface area contributed by atoms with Gasteiger partial charge in [0.15, 0.2) is 54.1 Å². The number of nitrogens with zero attached hydrogens (tertiary/aromatic N) is 3. The van der Waals surface area contributed by atoms with Crippen LogP contribution >= 0.6 is 0 Å². The van der Waals surface area contributed by atoms with Gasteiger partial charge >= 0.3 is 0 Å². The molecule has 1 fully saturated rings. The number of likely N-dealkylation sites (N-methyl/N-ethyl adjacent to an activating group) is 2. The maximum atomic E-state index is 12.9. The lowest BCUT2D eigenvalue weighted by Gasteiger charge is -2.40. The van der Waals surface area contributed by atoms with Gasteiger partial charge in [-0.3, -0.25) is 24.0 Å². The third-order valence-corrected chi connectivity index (χ3v) is 21.5. The third-order valence-electron chi connectivity index (χ3n) is 21.5. The summed E-state index contributed by atoms with van der Waals surface area (Å²) in [6.45, 7) is 7.87. The normalized spacial score (nSPS) is 17.5. The summed E-state index contributed by atoms with van der Waals surface area (Å²) in [5.41, 5.74) is 37.0. The molecule has 18 nitrogen and oxygen atoms in total. The zero-order valence-corrected chi connectivity index (χ0v) is 65.9. The maximum Gasteiger partial charge on any atom is 0.196 e. The highest BCUT2D eigenvalue weighted by Gasteiger charge is 2.44.